The molecule has 0 radical (unpaired) electrons. The maximum absolute atomic E-state index is 12.9. The fourth-order valence-electron chi connectivity index (χ4n) is 5.72. The highest BCUT2D eigenvalue weighted by molar-refractivity contribution is 5.78. The molecule has 0 spiro atoms. The van der Waals surface area contributed by atoms with E-state index in [2.05, 4.69) is 53.1 Å². The molecule has 0 N–H and O–H groups in total. The van der Waals surface area contributed by atoms with Crippen molar-refractivity contribution in [3.05, 3.63) is 35.4 Å². The largest absolute Gasteiger partial charge is 0.344 e. The Bertz CT molecular complexity index is 688. The van der Waals surface area contributed by atoms with Crippen LogP contribution >= 0.6 is 0 Å². The average molecular weight is 413 g/mol. The second-order valence-corrected chi connectivity index (χ2v) is 10.00. The molecule has 1 aromatic carbocycles. The Balaban J connectivity index is 1.25. The van der Waals surface area contributed by atoms with Crippen molar-refractivity contribution < 1.29 is 4.79 Å². The molecule has 1 aliphatic carbocycles. The van der Waals surface area contributed by atoms with Crippen LogP contribution < -0.4 is 0 Å². The molecule has 0 aromatic heterocycles. The molecule has 5 heteroatoms. The van der Waals surface area contributed by atoms with Crippen LogP contribution in [0.1, 0.15) is 36.8 Å². The maximum atomic E-state index is 12.9. The van der Waals surface area contributed by atoms with Gasteiger partial charge in [-0.2, -0.15) is 0 Å². The SMILES string of the molecule is CN(C)CCN(C)C(=O)[C@@H]1CCCN(C2CCN(C3Cc4ccccc4C3)CC2)C1. The maximum Gasteiger partial charge on any atom is 0.226 e. The van der Waals surface area contributed by atoms with E-state index in [-0.39, 0.29) is 5.92 Å². The molecule has 0 saturated carbocycles. The van der Waals surface area contributed by atoms with Crippen LogP contribution in [0.25, 0.3) is 0 Å². The van der Waals surface area contributed by atoms with E-state index in [1.807, 2.05) is 11.9 Å². The van der Waals surface area contributed by atoms with Crippen molar-refractivity contribution in [3.8, 4) is 0 Å². The zero-order valence-corrected chi connectivity index (χ0v) is 19.2. The molecular formula is C25H40N4O. The molecule has 30 heavy (non-hydrogen) atoms. The zero-order chi connectivity index (χ0) is 21.1. The predicted octanol–water partition coefficient (Wildman–Crippen LogP) is 2.35. The number of benzene rings is 1. The predicted molar refractivity (Wildman–Crippen MR) is 123 cm³/mol. The quantitative estimate of drug-likeness (QED) is 0.718. The summed E-state index contributed by atoms with van der Waals surface area (Å²) in [5.41, 5.74) is 3.11. The van der Waals surface area contributed by atoms with Gasteiger partial charge in [-0.1, -0.05) is 24.3 Å². The minimum atomic E-state index is 0.188. The highest BCUT2D eigenvalue weighted by atomic mass is 16.2. The number of fused-ring (bicyclic) bond motifs is 1. The number of nitrogens with zero attached hydrogens (tertiary/aromatic N) is 4. The van der Waals surface area contributed by atoms with Gasteiger partial charge in [-0.25, -0.2) is 0 Å². The lowest BCUT2D eigenvalue weighted by atomic mass is 9.92. The first-order valence-electron chi connectivity index (χ1n) is 12.0. The van der Waals surface area contributed by atoms with Crippen molar-refractivity contribution in [1.29, 1.82) is 0 Å². The Morgan fingerprint density at radius 3 is 2.20 bits per heavy atom. The lowest BCUT2D eigenvalue weighted by molar-refractivity contribution is -0.136. The van der Waals surface area contributed by atoms with Gasteiger partial charge in [0.05, 0.1) is 5.92 Å². The summed E-state index contributed by atoms with van der Waals surface area (Å²) in [6.07, 6.45) is 7.17. The number of likely N-dealkylation sites (N-methyl/N-ethyl adjacent to an activating group) is 2. The van der Waals surface area contributed by atoms with Crippen molar-refractivity contribution in [2.45, 2.75) is 50.6 Å². The Morgan fingerprint density at radius 1 is 0.900 bits per heavy atom. The summed E-state index contributed by atoms with van der Waals surface area (Å²) in [5.74, 6) is 0.538. The molecule has 5 nitrogen and oxygen atoms in total. The van der Waals surface area contributed by atoms with Crippen LogP contribution in [0.3, 0.4) is 0 Å². The summed E-state index contributed by atoms with van der Waals surface area (Å²) >= 11 is 0. The molecule has 2 aliphatic heterocycles. The molecule has 2 fully saturated rings. The van der Waals surface area contributed by atoms with E-state index >= 15 is 0 Å². The van der Waals surface area contributed by atoms with Gasteiger partial charge in [-0.15, -0.1) is 0 Å². The molecule has 2 heterocycles. The number of hydrogen-bond acceptors (Lipinski definition) is 4. The van der Waals surface area contributed by atoms with E-state index in [1.165, 1.54) is 45.3 Å². The van der Waals surface area contributed by atoms with Crippen LogP contribution in [0.15, 0.2) is 24.3 Å². The lowest BCUT2D eigenvalue weighted by Crippen LogP contribution is -2.52. The van der Waals surface area contributed by atoms with Gasteiger partial charge in [0.2, 0.25) is 5.91 Å². The van der Waals surface area contributed by atoms with E-state index in [9.17, 15) is 4.79 Å². The summed E-state index contributed by atoms with van der Waals surface area (Å²) in [4.78, 5) is 22.4. The van der Waals surface area contributed by atoms with Crippen molar-refractivity contribution in [3.63, 3.8) is 0 Å². The molecule has 4 rings (SSSR count). The monoisotopic (exact) mass is 412 g/mol. The van der Waals surface area contributed by atoms with Gasteiger partial charge in [0.1, 0.15) is 0 Å². The summed E-state index contributed by atoms with van der Waals surface area (Å²) < 4.78 is 0. The van der Waals surface area contributed by atoms with Gasteiger partial charge in [-0.05, 0) is 83.4 Å². The number of rotatable bonds is 6. The van der Waals surface area contributed by atoms with Crippen molar-refractivity contribution in [1.82, 2.24) is 19.6 Å². The second-order valence-electron chi connectivity index (χ2n) is 10.00. The number of hydrogen-bond donors (Lipinski definition) is 0. The Labute approximate surface area is 183 Å². The van der Waals surface area contributed by atoms with Crippen LogP contribution in [0.4, 0.5) is 0 Å². The third-order valence-corrected chi connectivity index (χ3v) is 7.62. The number of likely N-dealkylation sites (tertiary alicyclic amines) is 2. The van der Waals surface area contributed by atoms with Gasteiger partial charge in [0, 0.05) is 38.8 Å². The molecular weight excluding hydrogens is 372 g/mol. The summed E-state index contributed by atoms with van der Waals surface area (Å²) in [6.45, 7) is 6.31. The first kappa shape index (κ1) is 21.8. The smallest absolute Gasteiger partial charge is 0.226 e. The number of carbonyl (C=O) groups excluding carboxylic acids is 1. The third-order valence-electron chi connectivity index (χ3n) is 7.62. The van der Waals surface area contributed by atoms with E-state index < -0.39 is 0 Å². The van der Waals surface area contributed by atoms with Crippen molar-refractivity contribution >= 4 is 5.91 Å². The van der Waals surface area contributed by atoms with Crippen LogP contribution in [0.2, 0.25) is 0 Å². The van der Waals surface area contributed by atoms with Crippen LogP contribution in [-0.4, -0.2) is 98.0 Å². The normalized spacial score (nSPS) is 24.3. The van der Waals surface area contributed by atoms with Gasteiger partial charge >= 0.3 is 0 Å². The van der Waals surface area contributed by atoms with Crippen molar-refractivity contribution in [2.24, 2.45) is 5.92 Å². The zero-order valence-electron chi connectivity index (χ0n) is 19.2. The summed E-state index contributed by atoms with van der Waals surface area (Å²) in [6, 6.07) is 10.3. The molecule has 0 unspecified atom stereocenters. The Morgan fingerprint density at radius 2 is 1.57 bits per heavy atom. The molecule has 1 amide bonds. The fraction of sp³-hybridized carbons (Fsp3) is 0.720. The third kappa shape index (κ3) is 5.06. The van der Waals surface area contributed by atoms with E-state index in [0.29, 0.717) is 18.0 Å². The van der Waals surface area contributed by atoms with E-state index in [1.54, 1.807) is 11.1 Å². The lowest BCUT2D eigenvalue weighted by Gasteiger charge is -2.43. The first-order chi connectivity index (χ1) is 14.5. The van der Waals surface area contributed by atoms with Gasteiger partial charge in [0.15, 0.2) is 0 Å². The number of piperidine rings is 2. The molecule has 2 saturated heterocycles. The molecule has 3 aliphatic rings. The molecule has 0 bridgehead atoms. The van der Waals surface area contributed by atoms with Crippen LogP contribution in [-0.2, 0) is 17.6 Å². The van der Waals surface area contributed by atoms with Gasteiger partial charge in [0.25, 0.3) is 0 Å². The Kier molecular flexibility index (Phi) is 7.12. The highest BCUT2D eigenvalue weighted by Gasteiger charge is 2.35. The average Bonchev–Trinajstić information content (AvgIpc) is 3.21. The second kappa shape index (κ2) is 9.80. The standard InChI is InChI=1S/C25H40N4O/c1-26(2)15-16-27(3)25(30)22-9-6-12-29(19-22)23-10-13-28(14-11-23)24-17-20-7-4-5-8-21(20)18-24/h4-5,7-8,22-24H,6,9-19H2,1-3H3/t22-/m1/s1. The van der Waals surface area contributed by atoms with Crippen LogP contribution in [0, 0.1) is 5.92 Å². The summed E-state index contributed by atoms with van der Waals surface area (Å²) in [5, 5.41) is 0. The first-order valence-corrected chi connectivity index (χ1v) is 12.0. The number of amides is 1. The fourth-order valence-corrected chi connectivity index (χ4v) is 5.72. The summed E-state index contributed by atoms with van der Waals surface area (Å²) in [7, 11) is 6.11. The minimum absolute atomic E-state index is 0.188. The van der Waals surface area contributed by atoms with Crippen LogP contribution in [0.5, 0.6) is 0 Å². The van der Waals surface area contributed by atoms with Crippen molar-refractivity contribution in [2.75, 3.05) is 60.4 Å². The molecule has 166 valence electrons. The Hall–Kier alpha value is -1.43. The molecule has 1 aromatic rings. The van der Waals surface area contributed by atoms with E-state index in [4.69, 9.17) is 0 Å². The van der Waals surface area contributed by atoms with E-state index in [0.717, 1.165) is 32.5 Å². The highest BCUT2D eigenvalue weighted by Crippen LogP contribution is 2.30. The molecule has 1 atom stereocenters. The number of carbonyl (C=O) groups is 1. The topological polar surface area (TPSA) is 30.0 Å². The van der Waals surface area contributed by atoms with Gasteiger partial charge in [-0.3, -0.25) is 14.6 Å². The van der Waals surface area contributed by atoms with Gasteiger partial charge < -0.3 is 9.80 Å². The minimum Gasteiger partial charge on any atom is -0.344 e.